The van der Waals surface area contributed by atoms with E-state index in [0.29, 0.717) is 18.3 Å². The number of likely N-dealkylation sites (N-methyl/N-ethyl adjacent to an activating group) is 1. The lowest BCUT2D eigenvalue weighted by atomic mass is 10.2. The highest BCUT2D eigenvalue weighted by molar-refractivity contribution is 5.23. The number of benzene rings is 1. The number of halogens is 1. The maximum atomic E-state index is 13.5. The third kappa shape index (κ3) is 3.42. The van der Waals surface area contributed by atoms with Gasteiger partial charge in [0.1, 0.15) is 6.10 Å². The Morgan fingerprint density at radius 3 is 2.95 bits per heavy atom. The van der Waals surface area contributed by atoms with Crippen molar-refractivity contribution in [2.24, 2.45) is 0 Å². The van der Waals surface area contributed by atoms with E-state index in [4.69, 9.17) is 14.0 Å². The average Bonchev–Trinajstić information content (AvgIpc) is 2.94. The first kappa shape index (κ1) is 14.9. The van der Waals surface area contributed by atoms with E-state index in [2.05, 4.69) is 15.0 Å². The second-order valence-electron chi connectivity index (χ2n) is 5.42. The van der Waals surface area contributed by atoms with Gasteiger partial charge in [0.2, 0.25) is 5.82 Å². The Kier molecular flexibility index (Phi) is 4.35. The predicted octanol–water partition coefficient (Wildman–Crippen LogP) is 2.18. The quantitative estimate of drug-likeness (QED) is 0.863. The fourth-order valence-electron chi connectivity index (χ4n) is 2.46. The zero-order valence-corrected chi connectivity index (χ0v) is 12.5. The SMILES string of the molecule is C[C@@H]1CN(C)C[C@H](c2nc(COc3ccccc3F)no2)O1. The molecular formula is C15H18FN3O3. The van der Waals surface area contributed by atoms with E-state index < -0.39 is 5.82 Å². The second-order valence-corrected chi connectivity index (χ2v) is 5.42. The Bertz CT molecular complexity index is 624. The van der Waals surface area contributed by atoms with Gasteiger partial charge in [-0.3, -0.25) is 0 Å². The zero-order chi connectivity index (χ0) is 15.5. The van der Waals surface area contributed by atoms with Crippen molar-refractivity contribution in [3.63, 3.8) is 0 Å². The van der Waals surface area contributed by atoms with E-state index in [1.165, 1.54) is 6.07 Å². The maximum absolute atomic E-state index is 13.5. The Morgan fingerprint density at radius 2 is 2.18 bits per heavy atom. The van der Waals surface area contributed by atoms with Crippen LogP contribution in [-0.2, 0) is 11.3 Å². The molecule has 3 rings (SSSR count). The van der Waals surface area contributed by atoms with Crippen LogP contribution in [0.1, 0.15) is 24.7 Å². The molecule has 0 amide bonds. The zero-order valence-electron chi connectivity index (χ0n) is 12.5. The molecule has 6 nitrogen and oxygen atoms in total. The summed E-state index contributed by atoms with van der Waals surface area (Å²) in [6.07, 6.45) is -0.141. The first-order valence-corrected chi connectivity index (χ1v) is 7.15. The number of nitrogens with zero attached hydrogens (tertiary/aromatic N) is 3. The van der Waals surface area contributed by atoms with Gasteiger partial charge in [0.15, 0.2) is 18.2 Å². The van der Waals surface area contributed by atoms with Gasteiger partial charge in [0.05, 0.1) is 6.10 Å². The van der Waals surface area contributed by atoms with Crippen LogP contribution in [0.25, 0.3) is 0 Å². The lowest BCUT2D eigenvalue weighted by Gasteiger charge is -2.32. The Hall–Kier alpha value is -1.99. The third-order valence-electron chi connectivity index (χ3n) is 3.40. The maximum Gasteiger partial charge on any atom is 0.257 e. The van der Waals surface area contributed by atoms with Gasteiger partial charge in [-0.15, -0.1) is 0 Å². The summed E-state index contributed by atoms with van der Waals surface area (Å²) in [4.78, 5) is 6.42. The average molecular weight is 307 g/mol. The van der Waals surface area contributed by atoms with Gasteiger partial charge < -0.3 is 18.9 Å². The highest BCUT2D eigenvalue weighted by Gasteiger charge is 2.28. The van der Waals surface area contributed by atoms with E-state index in [0.717, 1.165) is 6.54 Å². The number of para-hydroxylation sites is 1. The third-order valence-corrected chi connectivity index (χ3v) is 3.40. The van der Waals surface area contributed by atoms with Crippen molar-refractivity contribution >= 4 is 0 Å². The summed E-state index contributed by atoms with van der Waals surface area (Å²) in [5.74, 6) is 0.529. The molecule has 1 aliphatic rings. The van der Waals surface area contributed by atoms with E-state index in [9.17, 15) is 4.39 Å². The van der Waals surface area contributed by atoms with Crippen molar-refractivity contribution in [2.75, 3.05) is 20.1 Å². The molecule has 1 fully saturated rings. The van der Waals surface area contributed by atoms with Crippen molar-refractivity contribution in [2.45, 2.75) is 25.7 Å². The number of ether oxygens (including phenoxy) is 2. The van der Waals surface area contributed by atoms with E-state index in [1.807, 2.05) is 14.0 Å². The minimum atomic E-state index is -0.419. The lowest BCUT2D eigenvalue weighted by molar-refractivity contribution is -0.0838. The summed E-state index contributed by atoms with van der Waals surface area (Å²) >= 11 is 0. The molecule has 1 aromatic carbocycles. The van der Waals surface area contributed by atoms with Crippen LogP contribution in [0.3, 0.4) is 0 Å². The molecule has 1 aromatic heterocycles. The number of rotatable bonds is 4. The molecule has 2 atom stereocenters. The van der Waals surface area contributed by atoms with Crippen LogP contribution in [0.2, 0.25) is 0 Å². The van der Waals surface area contributed by atoms with E-state index >= 15 is 0 Å². The number of hydrogen-bond donors (Lipinski definition) is 0. The topological polar surface area (TPSA) is 60.6 Å². The summed E-state index contributed by atoms with van der Waals surface area (Å²) in [6, 6.07) is 6.20. The van der Waals surface area contributed by atoms with Gasteiger partial charge in [-0.2, -0.15) is 4.98 Å². The van der Waals surface area contributed by atoms with E-state index in [1.54, 1.807) is 18.2 Å². The van der Waals surface area contributed by atoms with E-state index in [-0.39, 0.29) is 24.6 Å². The molecule has 22 heavy (non-hydrogen) atoms. The number of hydrogen-bond acceptors (Lipinski definition) is 6. The highest BCUT2D eigenvalue weighted by Crippen LogP contribution is 2.23. The molecule has 0 unspecified atom stereocenters. The summed E-state index contributed by atoms with van der Waals surface area (Å²) in [7, 11) is 2.02. The van der Waals surface area contributed by atoms with Crippen LogP contribution in [-0.4, -0.2) is 41.3 Å². The van der Waals surface area contributed by atoms with Crippen LogP contribution in [0.15, 0.2) is 28.8 Å². The molecule has 0 spiro atoms. The summed E-state index contributed by atoms with van der Waals surface area (Å²) in [5.41, 5.74) is 0. The summed E-state index contributed by atoms with van der Waals surface area (Å²) < 4.78 is 29.8. The van der Waals surface area contributed by atoms with Crippen molar-refractivity contribution in [1.29, 1.82) is 0 Å². The van der Waals surface area contributed by atoms with Gasteiger partial charge in [-0.1, -0.05) is 17.3 Å². The molecule has 0 radical (unpaired) electrons. The Balaban J connectivity index is 1.63. The first-order chi connectivity index (χ1) is 10.6. The lowest BCUT2D eigenvalue weighted by Crippen LogP contribution is -2.40. The van der Waals surface area contributed by atoms with Crippen molar-refractivity contribution in [3.05, 3.63) is 41.8 Å². The molecule has 0 N–H and O–H groups in total. The van der Waals surface area contributed by atoms with Gasteiger partial charge in [-0.05, 0) is 26.1 Å². The van der Waals surface area contributed by atoms with Gasteiger partial charge in [-0.25, -0.2) is 4.39 Å². The van der Waals surface area contributed by atoms with Crippen LogP contribution in [0, 0.1) is 5.82 Å². The molecule has 1 aliphatic heterocycles. The highest BCUT2D eigenvalue weighted by atomic mass is 19.1. The van der Waals surface area contributed by atoms with Crippen LogP contribution in [0.4, 0.5) is 4.39 Å². The summed E-state index contributed by atoms with van der Waals surface area (Å²) in [5, 5.41) is 3.85. The first-order valence-electron chi connectivity index (χ1n) is 7.15. The molecule has 0 bridgehead atoms. The fraction of sp³-hybridized carbons (Fsp3) is 0.467. The minimum Gasteiger partial charge on any atom is -0.482 e. The van der Waals surface area contributed by atoms with Crippen molar-refractivity contribution in [1.82, 2.24) is 15.0 Å². The van der Waals surface area contributed by atoms with Crippen LogP contribution >= 0.6 is 0 Å². The smallest absolute Gasteiger partial charge is 0.257 e. The normalized spacial score (nSPS) is 22.7. The standard InChI is InChI=1S/C15H18FN3O3/c1-10-7-19(2)8-13(21-10)15-17-14(18-22-15)9-20-12-6-4-3-5-11(12)16/h3-6,10,13H,7-9H2,1-2H3/t10-,13-/m1/s1. The molecule has 118 valence electrons. The van der Waals surface area contributed by atoms with Crippen molar-refractivity contribution in [3.8, 4) is 5.75 Å². The second kappa shape index (κ2) is 6.41. The predicted molar refractivity (Wildman–Crippen MR) is 75.8 cm³/mol. The number of aromatic nitrogens is 2. The fourth-order valence-corrected chi connectivity index (χ4v) is 2.46. The molecule has 1 saturated heterocycles. The molecular weight excluding hydrogens is 289 g/mol. The molecule has 7 heteroatoms. The van der Waals surface area contributed by atoms with Gasteiger partial charge >= 0.3 is 0 Å². The van der Waals surface area contributed by atoms with Crippen LogP contribution < -0.4 is 4.74 Å². The Labute approximate surface area is 127 Å². The monoisotopic (exact) mass is 307 g/mol. The van der Waals surface area contributed by atoms with Gasteiger partial charge in [0.25, 0.3) is 5.89 Å². The largest absolute Gasteiger partial charge is 0.482 e. The molecule has 0 saturated carbocycles. The van der Waals surface area contributed by atoms with Crippen molar-refractivity contribution < 1.29 is 18.4 Å². The summed E-state index contributed by atoms with van der Waals surface area (Å²) in [6.45, 7) is 3.61. The minimum absolute atomic E-state index is 0.0442. The molecule has 2 heterocycles. The molecule has 2 aromatic rings. The van der Waals surface area contributed by atoms with Crippen LogP contribution in [0.5, 0.6) is 5.75 Å². The Morgan fingerprint density at radius 1 is 1.36 bits per heavy atom. The molecule has 0 aliphatic carbocycles. The van der Waals surface area contributed by atoms with Gasteiger partial charge in [0, 0.05) is 13.1 Å². The number of morpholine rings is 1.